The number of nitrogens with zero attached hydrogens (tertiary/aromatic N) is 1. The van der Waals surface area contributed by atoms with Crippen LogP contribution in [0.5, 0.6) is 0 Å². The van der Waals surface area contributed by atoms with Crippen molar-refractivity contribution in [3.63, 3.8) is 0 Å². The Kier molecular flexibility index (Phi) is 4.30. The lowest BCUT2D eigenvalue weighted by molar-refractivity contribution is -0.160. The number of ether oxygens (including phenoxy) is 1. The molecule has 17 heavy (non-hydrogen) atoms. The number of halogens is 3. The molecule has 0 aliphatic carbocycles. The van der Waals surface area contributed by atoms with Crippen LogP contribution in [-0.2, 0) is 11.3 Å². The van der Waals surface area contributed by atoms with Gasteiger partial charge in [-0.05, 0) is 19.1 Å². The third kappa shape index (κ3) is 5.74. The Hall–Kier alpha value is -1.79. The monoisotopic (exact) mass is 248 g/mol. The molecule has 0 aliphatic heterocycles. The van der Waals surface area contributed by atoms with Crippen LogP contribution < -0.4 is 5.32 Å². The number of aromatic nitrogens is 1. The molecule has 4 nitrogen and oxygen atoms in total. The molecule has 1 aromatic heterocycles. The lowest BCUT2D eigenvalue weighted by atomic mass is 10.3. The fourth-order valence-electron chi connectivity index (χ4n) is 1.06. The molecule has 0 unspecified atom stereocenters. The van der Waals surface area contributed by atoms with Crippen molar-refractivity contribution >= 4 is 6.09 Å². The number of rotatable bonds is 3. The van der Waals surface area contributed by atoms with Gasteiger partial charge in [0.05, 0.1) is 12.2 Å². The highest BCUT2D eigenvalue weighted by atomic mass is 19.4. The Labute approximate surface area is 95.8 Å². The molecule has 1 amide bonds. The van der Waals surface area contributed by atoms with E-state index in [4.69, 9.17) is 0 Å². The summed E-state index contributed by atoms with van der Waals surface area (Å²) in [6.07, 6.45) is -5.63. The van der Waals surface area contributed by atoms with Crippen LogP contribution in [0.25, 0.3) is 0 Å². The van der Waals surface area contributed by atoms with Crippen LogP contribution in [0.1, 0.15) is 11.4 Å². The SMILES string of the molecule is Cc1cccc(CNC(=O)OCC(F)(F)F)n1. The number of alkyl carbamates (subject to hydrolysis) is 1. The van der Waals surface area contributed by atoms with Gasteiger partial charge in [-0.2, -0.15) is 13.2 Å². The topological polar surface area (TPSA) is 51.2 Å². The number of nitrogens with one attached hydrogen (secondary N) is 1. The summed E-state index contributed by atoms with van der Waals surface area (Å²) in [5, 5.41) is 2.18. The van der Waals surface area contributed by atoms with Gasteiger partial charge in [0.15, 0.2) is 6.61 Å². The average molecular weight is 248 g/mol. The maximum atomic E-state index is 11.7. The molecule has 0 saturated carbocycles. The Morgan fingerprint density at radius 3 is 2.76 bits per heavy atom. The van der Waals surface area contributed by atoms with Crippen molar-refractivity contribution in [3.8, 4) is 0 Å². The maximum absolute atomic E-state index is 11.7. The summed E-state index contributed by atoms with van der Waals surface area (Å²) in [5.74, 6) is 0. The number of hydrogen-bond acceptors (Lipinski definition) is 3. The minimum atomic E-state index is -4.51. The molecule has 0 spiro atoms. The van der Waals surface area contributed by atoms with Crippen LogP contribution >= 0.6 is 0 Å². The van der Waals surface area contributed by atoms with E-state index in [1.165, 1.54) is 0 Å². The average Bonchev–Trinajstić information content (AvgIpc) is 2.23. The van der Waals surface area contributed by atoms with Gasteiger partial charge in [-0.3, -0.25) is 4.98 Å². The molecule has 0 atom stereocenters. The lowest BCUT2D eigenvalue weighted by Gasteiger charge is -2.08. The third-order valence-corrected chi connectivity index (χ3v) is 1.73. The minimum Gasteiger partial charge on any atom is -0.440 e. The van der Waals surface area contributed by atoms with E-state index in [9.17, 15) is 18.0 Å². The van der Waals surface area contributed by atoms with Gasteiger partial charge in [-0.1, -0.05) is 6.07 Å². The van der Waals surface area contributed by atoms with E-state index in [0.717, 1.165) is 5.69 Å². The maximum Gasteiger partial charge on any atom is 0.422 e. The van der Waals surface area contributed by atoms with Crippen molar-refractivity contribution in [2.24, 2.45) is 0 Å². The van der Waals surface area contributed by atoms with E-state index in [1.54, 1.807) is 25.1 Å². The third-order valence-electron chi connectivity index (χ3n) is 1.73. The highest BCUT2D eigenvalue weighted by molar-refractivity contribution is 5.67. The van der Waals surface area contributed by atoms with E-state index in [0.29, 0.717) is 5.69 Å². The second kappa shape index (κ2) is 5.51. The smallest absolute Gasteiger partial charge is 0.422 e. The zero-order valence-electron chi connectivity index (χ0n) is 9.04. The van der Waals surface area contributed by atoms with Crippen LogP contribution in [-0.4, -0.2) is 23.9 Å². The predicted molar refractivity (Wildman–Crippen MR) is 53.2 cm³/mol. The van der Waals surface area contributed by atoms with Crippen LogP contribution in [0.15, 0.2) is 18.2 Å². The molecule has 7 heteroatoms. The Morgan fingerprint density at radius 1 is 1.47 bits per heavy atom. The first-order valence-corrected chi connectivity index (χ1v) is 4.77. The molecular weight excluding hydrogens is 237 g/mol. The molecule has 0 aromatic carbocycles. The van der Waals surface area contributed by atoms with E-state index < -0.39 is 18.9 Å². The van der Waals surface area contributed by atoms with Crippen LogP contribution in [0, 0.1) is 6.92 Å². The zero-order valence-corrected chi connectivity index (χ0v) is 9.04. The molecule has 0 saturated heterocycles. The van der Waals surface area contributed by atoms with Gasteiger partial charge < -0.3 is 10.1 Å². The first kappa shape index (κ1) is 13.3. The van der Waals surface area contributed by atoms with Crippen LogP contribution in [0.4, 0.5) is 18.0 Å². The number of alkyl halides is 3. The number of carbonyl (C=O) groups is 1. The van der Waals surface area contributed by atoms with Crippen molar-refractivity contribution < 1.29 is 22.7 Å². The van der Waals surface area contributed by atoms with Crippen molar-refractivity contribution in [2.45, 2.75) is 19.6 Å². The largest absolute Gasteiger partial charge is 0.440 e. The summed E-state index contributed by atoms with van der Waals surface area (Å²) in [6, 6.07) is 5.16. The molecule has 1 rings (SSSR count). The van der Waals surface area contributed by atoms with Gasteiger partial charge >= 0.3 is 12.3 Å². The molecular formula is C10H11F3N2O2. The molecule has 0 aliphatic rings. The number of hydrogen-bond donors (Lipinski definition) is 1. The van der Waals surface area contributed by atoms with Gasteiger partial charge in [-0.15, -0.1) is 0 Å². The van der Waals surface area contributed by atoms with Gasteiger partial charge in [0, 0.05) is 5.69 Å². The second-order valence-electron chi connectivity index (χ2n) is 3.32. The standard InChI is InChI=1S/C10H11F3N2O2/c1-7-3-2-4-8(15-7)5-14-9(16)17-6-10(11,12)13/h2-4H,5-6H2,1H3,(H,14,16). The number of aryl methyl sites for hydroxylation is 1. The summed E-state index contributed by atoms with van der Waals surface area (Å²) >= 11 is 0. The van der Waals surface area contributed by atoms with Gasteiger partial charge in [-0.25, -0.2) is 4.79 Å². The van der Waals surface area contributed by atoms with E-state index >= 15 is 0 Å². The minimum absolute atomic E-state index is 0.0262. The number of carbonyl (C=O) groups excluding carboxylic acids is 1. The summed E-state index contributed by atoms with van der Waals surface area (Å²) in [7, 11) is 0. The summed E-state index contributed by atoms with van der Waals surface area (Å²) < 4.78 is 39.1. The highest BCUT2D eigenvalue weighted by Gasteiger charge is 2.29. The van der Waals surface area contributed by atoms with Gasteiger partial charge in [0.25, 0.3) is 0 Å². The predicted octanol–water partition coefficient (Wildman–Crippen LogP) is 2.18. The fraction of sp³-hybridized carbons (Fsp3) is 0.400. The number of pyridine rings is 1. The zero-order chi connectivity index (χ0) is 12.9. The van der Waals surface area contributed by atoms with E-state index in [1.807, 2.05) is 0 Å². The van der Waals surface area contributed by atoms with Crippen molar-refractivity contribution in [3.05, 3.63) is 29.6 Å². The second-order valence-corrected chi connectivity index (χ2v) is 3.32. The Balaban J connectivity index is 2.33. The Bertz CT molecular complexity index is 393. The quantitative estimate of drug-likeness (QED) is 0.891. The van der Waals surface area contributed by atoms with Crippen LogP contribution in [0.3, 0.4) is 0 Å². The summed E-state index contributed by atoms with van der Waals surface area (Å²) in [6.45, 7) is 0.198. The first-order chi connectivity index (χ1) is 7.87. The van der Waals surface area contributed by atoms with Crippen molar-refractivity contribution in [1.29, 1.82) is 0 Å². The highest BCUT2D eigenvalue weighted by Crippen LogP contribution is 2.14. The summed E-state index contributed by atoms with van der Waals surface area (Å²) in [4.78, 5) is 14.9. The molecule has 1 N–H and O–H groups in total. The van der Waals surface area contributed by atoms with Crippen molar-refractivity contribution in [1.82, 2.24) is 10.3 Å². The van der Waals surface area contributed by atoms with Crippen LogP contribution in [0.2, 0.25) is 0 Å². The molecule has 94 valence electrons. The van der Waals surface area contributed by atoms with E-state index in [2.05, 4.69) is 15.0 Å². The van der Waals surface area contributed by atoms with Gasteiger partial charge in [0.1, 0.15) is 0 Å². The molecule has 0 radical (unpaired) electrons. The van der Waals surface area contributed by atoms with Crippen molar-refractivity contribution in [2.75, 3.05) is 6.61 Å². The molecule has 0 fully saturated rings. The fourth-order valence-corrected chi connectivity index (χ4v) is 1.06. The molecule has 1 heterocycles. The first-order valence-electron chi connectivity index (χ1n) is 4.77. The normalized spacial score (nSPS) is 11.1. The summed E-state index contributed by atoms with van der Waals surface area (Å²) in [5.41, 5.74) is 1.31. The molecule has 0 bridgehead atoms. The van der Waals surface area contributed by atoms with Gasteiger partial charge in [0.2, 0.25) is 0 Å². The number of amides is 1. The lowest BCUT2D eigenvalue weighted by Crippen LogP contribution is -2.28. The van der Waals surface area contributed by atoms with E-state index in [-0.39, 0.29) is 6.54 Å². The molecule has 1 aromatic rings. The Morgan fingerprint density at radius 2 is 2.18 bits per heavy atom.